The molecule has 0 saturated carbocycles. The highest BCUT2D eigenvalue weighted by atomic mass is 32.1. The third-order valence-electron chi connectivity index (χ3n) is 2.91. The minimum Gasteiger partial charge on any atom is -0.399 e. The van der Waals surface area contributed by atoms with Crippen LogP contribution in [0.15, 0.2) is 23.0 Å². The van der Waals surface area contributed by atoms with E-state index in [2.05, 4.69) is 19.6 Å². The van der Waals surface area contributed by atoms with Gasteiger partial charge in [0, 0.05) is 20.4 Å². The van der Waals surface area contributed by atoms with Crippen molar-refractivity contribution in [3.8, 4) is 0 Å². The lowest BCUT2D eigenvalue weighted by molar-refractivity contribution is 0.0888. The van der Waals surface area contributed by atoms with E-state index in [1.165, 1.54) is 11.3 Å². The summed E-state index contributed by atoms with van der Waals surface area (Å²) in [4.78, 5) is 11.9. The molecule has 0 spiro atoms. The summed E-state index contributed by atoms with van der Waals surface area (Å²) in [5.74, 6) is 0. The largest absolute Gasteiger partial charge is 0.399 e. The minimum absolute atomic E-state index is 0.00797. The van der Waals surface area contributed by atoms with Crippen molar-refractivity contribution in [2.75, 3.05) is 12.3 Å². The van der Waals surface area contributed by atoms with E-state index in [0.29, 0.717) is 19.0 Å². The normalized spacial score (nSPS) is 12.2. The molecule has 0 aliphatic carbocycles. The van der Waals surface area contributed by atoms with Crippen molar-refractivity contribution in [3.05, 3.63) is 27.9 Å². The van der Waals surface area contributed by atoms with Gasteiger partial charge >= 0.3 is 4.87 Å². The highest BCUT2D eigenvalue weighted by Crippen LogP contribution is 2.20. The Morgan fingerprint density at radius 2 is 2.11 bits per heavy atom. The number of benzene rings is 1. The fourth-order valence-electron chi connectivity index (χ4n) is 1.74. The first-order chi connectivity index (χ1) is 8.87. The lowest BCUT2D eigenvalue weighted by Crippen LogP contribution is -2.23. The van der Waals surface area contributed by atoms with Crippen molar-refractivity contribution in [1.29, 1.82) is 0 Å². The van der Waals surface area contributed by atoms with Gasteiger partial charge in [0.25, 0.3) is 0 Å². The SMILES string of the molecule is C[Si](C)(C)CCOCn1c(=O)sc2cc(N)ccc21. The van der Waals surface area contributed by atoms with Crippen molar-refractivity contribution in [1.82, 2.24) is 4.57 Å². The van der Waals surface area contributed by atoms with Gasteiger partial charge in [-0.25, -0.2) is 0 Å². The van der Waals surface area contributed by atoms with Crippen LogP contribution < -0.4 is 10.6 Å². The molecule has 0 atom stereocenters. The van der Waals surface area contributed by atoms with Gasteiger partial charge in [0.15, 0.2) is 0 Å². The van der Waals surface area contributed by atoms with Crippen LogP contribution in [0.25, 0.3) is 10.2 Å². The summed E-state index contributed by atoms with van der Waals surface area (Å²) in [6.45, 7) is 7.98. The molecule has 104 valence electrons. The van der Waals surface area contributed by atoms with Gasteiger partial charge in [-0.05, 0) is 24.2 Å². The van der Waals surface area contributed by atoms with Gasteiger partial charge in [0.05, 0.1) is 10.2 Å². The fraction of sp³-hybridized carbons (Fsp3) is 0.462. The number of anilines is 1. The van der Waals surface area contributed by atoms with E-state index >= 15 is 0 Å². The quantitative estimate of drug-likeness (QED) is 0.524. The Morgan fingerprint density at radius 1 is 1.37 bits per heavy atom. The predicted octanol–water partition coefficient (Wildman–Crippen LogP) is 2.96. The van der Waals surface area contributed by atoms with Gasteiger partial charge in [0.1, 0.15) is 6.73 Å². The van der Waals surface area contributed by atoms with E-state index in [4.69, 9.17) is 10.5 Å². The van der Waals surface area contributed by atoms with E-state index in [1.807, 2.05) is 18.2 Å². The molecule has 2 N–H and O–H groups in total. The maximum atomic E-state index is 11.9. The van der Waals surface area contributed by atoms with Gasteiger partial charge in [-0.2, -0.15) is 0 Å². The monoisotopic (exact) mass is 296 g/mol. The average molecular weight is 296 g/mol. The molecular formula is C13H20N2O2SSi. The van der Waals surface area contributed by atoms with Crippen LogP contribution in [0.3, 0.4) is 0 Å². The molecule has 4 nitrogen and oxygen atoms in total. The molecule has 0 aliphatic heterocycles. The number of hydrogen-bond donors (Lipinski definition) is 1. The topological polar surface area (TPSA) is 57.2 Å². The molecular weight excluding hydrogens is 276 g/mol. The Kier molecular flexibility index (Phi) is 4.12. The average Bonchev–Trinajstić information content (AvgIpc) is 2.58. The lowest BCUT2D eigenvalue weighted by atomic mass is 10.3. The van der Waals surface area contributed by atoms with Crippen LogP contribution in [0.1, 0.15) is 0 Å². The van der Waals surface area contributed by atoms with Crippen molar-refractivity contribution in [2.24, 2.45) is 0 Å². The number of nitrogens with zero attached hydrogens (tertiary/aromatic N) is 1. The van der Waals surface area contributed by atoms with Crippen LogP contribution in [0.5, 0.6) is 0 Å². The summed E-state index contributed by atoms with van der Waals surface area (Å²) in [6, 6.07) is 6.63. The fourth-order valence-corrected chi connectivity index (χ4v) is 3.42. The second kappa shape index (κ2) is 5.48. The predicted molar refractivity (Wildman–Crippen MR) is 84.6 cm³/mol. The van der Waals surface area contributed by atoms with Crippen molar-refractivity contribution in [2.45, 2.75) is 32.4 Å². The number of hydrogen-bond acceptors (Lipinski definition) is 4. The summed E-state index contributed by atoms with van der Waals surface area (Å²) in [7, 11) is -1.08. The van der Waals surface area contributed by atoms with E-state index in [1.54, 1.807) is 4.57 Å². The molecule has 0 radical (unpaired) electrons. The Balaban J connectivity index is 2.09. The summed E-state index contributed by atoms with van der Waals surface area (Å²) < 4.78 is 8.23. The highest BCUT2D eigenvalue weighted by Gasteiger charge is 2.13. The molecule has 1 aromatic carbocycles. The summed E-state index contributed by atoms with van der Waals surface area (Å²) in [5, 5.41) is 0. The lowest BCUT2D eigenvalue weighted by Gasteiger charge is -2.15. The standard InChI is InChI=1S/C13H20N2O2SSi/c1-19(2,3)7-6-17-9-15-11-5-4-10(14)8-12(11)18-13(15)16/h4-5,8H,6-7,9,14H2,1-3H3. The molecule has 19 heavy (non-hydrogen) atoms. The van der Waals surface area contributed by atoms with Crippen LogP contribution >= 0.6 is 11.3 Å². The van der Waals surface area contributed by atoms with E-state index < -0.39 is 8.07 Å². The van der Waals surface area contributed by atoms with Crippen LogP contribution in [-0.4, -0.2) is 19.2 Å². The molecule has 2 rings (SSSR count). The van der Waals surface area contributed by atoms with Gasteiger partial charge in [-0.1, -0.05) is 31.0 Å². The van der Waals surface area contributed by atoms with E-state index in [9.17, 15) is 4.79 Å². The number of rotatable bonds is 5. The number of aromatic nitrogens is 1. The first-order valence-corrected chi connectivity index (χ1v) is 10.9. The van der Waals surface area contributed by atoms with Crippen molar-refractivity contribution < 1.29 is 4.74 Å². The Morgan fingerprint density at radius 3 is 2.79 bits per heavy atom. The highest BCUT2D eigenvalue weighted by molar-refractivity contribution is 7.16. The molecule has 0 saturated heterocycles. The van der Waals surface area contributed by atoms with Crippen molar-refractivity contribution >= 4 is 35.3 Å². The van der Waals surface area contributed by atoms with Crippen molar-refractivity contribution in [3.63, 3.8) is 0 Å². The van der Waals surface area contributed by atoms with Gasteiger partial charge in [-0.15, -0.1) is 0 Å². The second-order valence-corrected chi connectivity index (χ2v) is 12.5. The van der Waals surface area contributed by atoms with E-state index in [0.717, 1.165) is 16.3 Å². The zero-order valence-corrected chi connectivity index (χ0v) is 13.4. The Bertz CT molecular complexity index is 628. The second-order valence-electron chi connectivity index (χ2n) is 5.87. The molecule has 2 aromatic rings. The zero-order chi connectivity index (χ0) is 14.0. The summed E-state index contributed by atoms with van der Waals surface area (Å²) in [6.07, 6.45) is 0. The van der Waals surface area contributed by atoms with E-state index in [-0.39, 0.29) is 4.87 Å². The number of nitrogen functional groups attached to an aromatic ring is 1. The van der Waals surface area contributed by atoms with Crippen LogP contribution in [0.2, 0.25) is 25.7 Å². The van der Waals surface area contributed by atoms with Crippen LogP contribution in [0.4, 0.5) is 5.69 Å². The molecule has 0 bridgehead atoms. The number of ether oxygens (including phenoxy) is 1. The smallest absolute Gasteiger partial charge is 0.310 e. The maximum Gasteiger partial charge on any atom is 0.310 e. The molecule has 1 heterocycles. The Hall–Kier alpha value is -1.11. The van der Waals surface area contributed by atoms with Gasteiger partial charge < -0.3 is 10.5 Å². The molecule has 6 heteroatoms. The zero-order valence-electron chi connectivity index (χ0n) is 11.6. The molecule has 1 aromatic heterocycles. The first-order valence-electron chi connectivity index (χ1n) is 6.33. The maximum absolute atomic E-state index is 11.9. The van der Waals surface area contributed by atoms with Gasteiger partial charge in [-0.3, -0.25) is 9.36 Å². The minimum atomic E-state index is -1.08. The molecule has 0 unspecified atom stereocenters. The third-order valence-corrected chi connectivity index (χ3v) is 5.56. The number of fused-ring (bicyclic) bond motifs is 1. The third kappa shape index (κ3) is 3.68. The summed E-state index contributed by atoms with van der Waals surface area (Å²) >= 11 is 1.21. The molecule has 0 fully saturated rings. The molecule has 0 amide bonds. The summed E-state index contributed by atoms with van der Waals surface area (Å²) in [5.41, 5.74) is 7.30. The van der Waals surface area contributed by atoms with Crippen LogP contribution in [0, 0.1) is 0 Å². The van der Waals surface area contributed by atoms with Gasteiger partial charge in [0.2, 0.25) is 0 Å². The number of thiazole rings is 1. The Labute approximate surface area is 117 Å². The number of nitrogens with two attached hydrogens (primary N) is 1. The molecule has 0 aliphatic rings. The van der Waals surface area contributed by atoms with Crippen LogP contribution in [-0.2, 0) is 11.5 Å². The first kappa shape index (κ1) is 14.3.